The molecular formula is C14H22N2S. The Balaban J connectivity index is 1.67. The van der Waals surface area contributed by atoms with Crippen molar-refractivity contribution < 1.29 is 0 Å². The van der Waals surface area contributed by atoms with Crippen molar-refractivity contribution in [1.29, 1.82) is 0 Å². The Labute approximate surface area is 108 Å². The fraction of sp³-hybridized carbons (Fsp3) is 0.786. The highest BCUT2D eigenvalue weighted by Gasteiger charge is 2.21. The van der Waals surface area contributed by atoms with Gasteiger partial charge in [0.25, 0.3) is 0 Å². The lowest BCUT2D eigenvalue weighted by molar-refractivity contribution is 0.459. The summed E-state index contributed by atoms with van der Waals surface area (Å²) in [6.07, 6.45) is 10.7. The van der Waals surface area contributed by atoms with E-state index in [1.165, 1.54) is 62.1 Å². The van der Waals surface area contributed by atoms with Crippen LogP contribution in [0.25, 0.3) is 0 Å². The molecule has 0 spiro atoms. The van der Waals surface area contributed by atoms with Crippen molar-refractivity contribution in [3.8, 4) is 0 Å². The van der Waals surface area contributed by atoms with Crippen LogP contribution in [0.2, 0.25) is 0 Å². The van der Waals surface area contributed by atoms with E-state index in [1.807, 2.05) is 11.3 Å². The zero-order valence-corrected chi connectivity index (χ0v) is 11.5. The van der Waals surface area contributed by atoms with Crippen molar-refractivity contribution in [3.63, 3.8) is 0 Å². The summed E-state index contributed by atoms with van der Waals surface area (Å²) >= 11 is 1.95. The van der Waals surface area contributed by atoms with Gasteiger partial charge in [-0.3, -0.25) is 0 Å². The van der Waals surface area contributed by atoms with Crippen LogP contribution < -0.4 is 5.32 Å². The smallest absolute Gasteiger partial charge is 0.110 e. The van der Waals surface area contributed by atoms with Crippen LogP contribution in [-0.4, -0.2) is 11.0 Å². The third-order valence-electron chi connectivity index (χ3n) is 4.07. The summed E-state index contributed by atoms with van der Waals surface area (Å²) in [5.74, 6) is 0. The molecule has 2 aliphatic rings. The van der Waals surface area contributed by atoms with E-state index in [1.54, 1.807) is 4.88 Å². The fourth-order valence-corrected chi connectivity index (χ4v) is 4.24. The number of thiazole rings is 1. The topological polar surface area (TPSA) is 24.9 Å². The average molecular weight is 250 g/mol. The van der Waals surface area contributed by atoms with Gasteiger partial charge in [0.15, 0.2) is 0 Å². The van der Waals surface area contributed by atoms with Crippen molar-refractivity contribution in [2.45, 2.75) is 70.4 Å². The van der Waals surface area contributed by atoms with Gasteiger partial charge in [0.05, 0.1) is 11.7 Å². The lowest BCUT2D eigenvalue weighted by Crippen LogP contribution is -2.28. The van der Waals surface area contributed by atoms with Gasteiger partial charge in [-0.1, -0.05) is 12.8 Å². The molecule has 0 radical (unpaired) electrons. The summed E-state index contributed by atoms with van der Waals surface area (Å²) in [6.45, 7) is 2.28. The second-order valence-corrected chi connectivity index (χ2v) is 6.61. The summed E-state index contributed by atoms with van der Waals surface area (Å²) in [6, 6.07) is 1.19. The van der Waals surface area contributed by atoms with E-state index in [9.17, 15) is 0 Å². The maximum atomic E-state index is 4.85. The van der Waals surface area contributed by atoms with E-state index in [0.717, 1.165) is 6.04 Å². The van der Waals surface area contributed by atoms with Gasteiger partial charge in [0, 0.05) is 10.9 Å². The molecule has 1 saturated carbocycles. The maximum Gasteiger partial charge on any atom is 0.110 e. The van der Waals surface area contributed by atoms with Crippen molar-refractivity contribution in [2.24, 2.45) is 0 Å². The predicted molar refractivity (Wildman–Crippen MR) is 72.6 cm³/mol. The highest BCUT2D eigenvalue weighted by Crippen LogP contribution is 2.30. The third-order valence-corrected chi connectivity index (χ3v) is 5.41. The predicted octanol–water partition coefficient (Wildman–Crippen LogP) is 3.62. The molecule has 17 heavy (non-hydrogen) atoms. The Morgan fingerprint density at radius 3 is 2.71 bits per heavy atom. The molecule has 1 heterocycles. The van der Waals surface area contributed by atoms with Crippen molar-refractivity contribution in [3.05, 3.63) is 15.6 Å². The number of hydrogen-bond donors (Lipinski definition) is 1. The summed E-state index contributed by atoms with van der Waals surface area (Å²) in [5, 5.41) is 5.08. The minimum Gasteiger partial charge on any atom is -0.305 e. The lowest BCUT2D eigenvalue weighted by Gasteiger charge is -2.16. The van der Waals surface area contributed by atoms with Crippen LogP contribution in [0.15, 0.2) is 0 Å². The summed E-state index contributed by atoms with van der Waals surface area (Å²) in [7, 11) is 0. The van der Waals surface area contributed by atoms with Gasteiger partial charge < -0.3 is 5.32 Å². The molecule has 3 rings (SSSR count). The van der Waals surface area contributed by atoms with Crippen LogP contribution in [0.5, 0.6) is 0 Å². The Hall–Kier alpha value is -0.410. The normalized spacial score (nSPS) is 22.6. The van der Waals surface area contributed by atoms with Gasteiger partial charge in [-0.05, 0) is 45.4 Å². The van der Waals surface area contributed by atoms with Gasteiger partial charge in [0.1, 0.15) is 5.01 Å². The number of aromatic nitrogens is 1. The van der Waals surface area contributed by atoms with Gasteiger partial charge in [-0.15, -0.1) is 11.3 Å². The SMILES string of the molecule is C[C@@H](NC1CCCC1)c1nc2c(s1)CCCC2. The quantitative estimate of drug-likeness (QED) is 0.886. The lowest BCUT2D eigenvalue weighted by atomic mass is 10.0. The number of fused-ring (bicyclic) bond motifs is 1. The highest BCUT2D eigenvalue weighted by molar-refractivity contribution is 7.11. The largest absolute Gasteiger partial charge is 0.305 e. The molecule has 0 unspecified atom stereocenters. The number of rotatable bonds is 3. The van der Waals surface area contributed by atoms with E-state index >= 15 is 0 Å². The maximum absolute atomic E-state index is 4.85. The molecule has 1 aromatic heterocycles. The highest BCUT2D eigenvalue weighted by atomic mass is 32.1. The molecule has 2 nitrogen and oxygen atoms in total. The second kappa shape index (κ2) is 5.07. The van der Waals surface area contributed by atoms with Crippen LogP contribution in [0.3, 0.4) is 0 Å². The molecule has 3 heteroatoms. The first-order chi connectivity index (χ1) is 8.33. The minimum atomic E-state index is 0.452. The molecule has 0 amide bonds. The minimum absolute atomic E-state index is 0.452. The molecule has 0 bridgehead atoms. The summed E-state index contributed by atoms with van der Waals surface area (Å²) in [4.78, 5) is 6.41. The van der Waals surface area contributed by atoms with Crippen molar-refractivity contribution in [2.75, 3.05) is 0 Å². The fourth-order valence-electron chi connectivity index (χ4n) is 3.07. The zero-order chi connectivity index (χ0) is 11.7. The van der Waals surface area contributed by atoms with Gasteiger partial charge >= 0.3 is 0 Å². The second-order valence-electron chi connectivity index (χ2n) is 5.50. The van der Waals surface area contributed by atoms with Crippen LogP contribution in [0.1, 0.15) is 67.1 Å². The molecule has 1 fully saturated rings. The first kappa shape index (κ1) is 11.7. The van der Waals surface area contributed by atoms with E-state index in [2.05, 4.69) is 12.2 Å². The van der Waals surface area contributed by atoms with Gasteiger partial charge in [0.2, 0.25) is 0 Å². The van der Waals surface area contributed by atoms with Crippen LogP contribution in [0.4, 0.5) is 0 Å². The van der Waals surface area contributed by atoms with Gasteiger partial charge in [-0.2, -0.15) is 0 Å². The van der Waals surface area contributed by atoms with E-state index in [0.29, 0.717) is 6.04 Å². The number of hydrogen-bond acceptors (Lipinski definition) is 3. The molecular weight excluding hydrogens is 228 g/mol. The Morgan fingerprint density at radius 1 is 1.18 bits per heavy atom. The van der Waals surface area contributed by atoms with E-state index < -0.39 is 0 Å². The Morgan fingerprint density at radius 2 is 1.94 bits per heavy atom. The van der Waals surface area contributed by atoms with Crippen molar-refractivity contribution >= 4 is 11.3 Å². The molecule has 0 aromatic carbocycles. The number of nitrogens with one attached hydrogen (secondary N) is 1. The van der Waals surface area contributed by atoms with Crippen molar-refractivity contribution in [1.82, 2.24) is 10.3 Å². The standard InChI is InChI=1S/C14H22N2S/c1-10(15-11-6-2-3-7-11)14-16-12-8-4-5-9-13(12)17-14/h10-11,15H,2-9H2,1H3/t10-/m1/s1. The first-order valence-electron chi connectivity index (χ1n) is 7.07. The first-order valence-corrected chi connectivity index (χ1v) is 7.89. The summed E-state index contributed by atoms with van der Waals surface area (Å²) < 4.78 is 0. The molecule has 94 valence electrons. The number of nitrogens with zero attached hydrogens (tertiary/aromatic N) is 1. The summed E-state index contributed by atoms with van der Waals surface area (Å²) in [5.41, 5.74) is 1.40. The van der Waals surface area contributed by atoms with Gasteiger partial charge in [-0.25, -0.2) is 4.98 Å². The monoisotopic (exact) mass is 250 g/mol. The van der Waals surface area contributed by atoms with Crippen LogP contribution in [0, 0.1) is 0 Å². The Kier molecular flexibility index (Phi) is 3.48. The Bertz CT molecular complexity index is 356. The van der Waals surface area contributed by atoms with E-state index in [4.69, 9.17) is 4.98 Å². The number of aryl methyl sites for hydroxylation is 2. The molecule has 1 aromatic rings. The van der Waals surface area contributed by atoms with E-state index in [-0.39, 0.29) is 0 Å². The molecule has 0 aliphatic heterocycles. The molecule has 1 N–H and O–H groups in total. The average Bonchev–Trinajstić information content (AvgIpc) is 2.96. The third kappa shape index (κ3) is 2.55. The molecule has 2 aliphatic carbocycles. The molecule has 1 atom stereocenters. The van der Waals surface area contributed by atoms with Crippen LogP contribution >= 0.6 is 11.3 Å². The van der Waals surface area contributed by atoms with Crippen LogP contribution in [-0.2, 0) is 12.8 Å². The molecule has 0 saturated heterocycles. The zero-order valence-electron chi connectivity index (χ0n) is 10.7.